The van der Waals surface area contributed by atoms with E-state index in [0.29, 0.717) is 4.80 Å². The maximum absolute atomic E-state index is 13.4. The number of halogens is 1. The highest BCUT2D eigenvalue weighted by molar-refractivity contribution is 7.16. The van der Waals surface area contributed by atoms with Gasteiger partial charge in [0.1, 0.15) is 11.9 Å². The molecule has 134 valence electrons. The van der Waals surface area contributed by atoms with Crippen LogP contribution >= 0.6 is 11.3 Å². The van der Waals surface area contributed by atoms with Gasteiger partial charge < -0.3 is 9.30 Å². The van der Waals surface area contributed by atoms with Crippen molar-refractivity contribution < 1.29 is 18.7 Å². The van der Waals surface area contributed by atoms with Crippen molar-refractivity contribution in [1.82, 2.24) is 4.57 Å². The van der Waals surface area contributed by atoms with E-state index in [4.69, 9.17) is 4.74 Å². The van der Waals surface area contributed by atoms with Crippen molar-refractivity contribution in [3.8, 4) is 0 Å². The molecule has 0 aliphatic carbocycles. The number of benzene rings is 2. The summed E-state index contributed by atoms with van der Waals surface area (Å²) < 4.78 is 21.0. The number of para-hydroxylation sites is 1. The van der Waals surface area contributed by atoms with Crippen molar-refractivity contribution in [2.24, 2.45) is 4.99 Å². The van der Waals surface area contributed by atoms with Gasteiger partial charge in [-0.3, -0.25) is 4.79 Å². The van der Waals surface area contributed by atoms with Crippen molar-refractivity contribution >= 4 is 33.4 Å². The minimum Gasteiger partial charge on any atom is -0.464 e. The van der Waals surface area contributed by atoms with Gasteiger partial charge >= 0.3 is 5.97 Å². The van der Waals surface area contributed by atoms with Crippen LogP contribution in [0.15, 0.2) is 53.5 Å². The van der Waals surface area contributed by atoms with Gasteiger partial charge in [0.05, 0.1) is 16.8 Å². The van der Waals surface area contributed by atoms with Gasteiger partial charge in [-0.25, -0.2) is 9.18 Å². The van der Waals surface area contributed by atoms with Crippen LogP contribution in [-0.2, 0) is 9.53 Å². The zero-order chi connectivity index (χ0) is 18.7. The summed E-state index contributed by atoms with van der Waals surface area (Å²) in [5, 5.41) is 0. The second-order valence-electron chi connectivity index (χ2n) is 5.58. The molecule has 0 bridgehead atoms. The molecule has 0 spiro atoms. The number of rotatable bonds is 4. The summed E-state index contributed by atoms with van der Waals surface area (Å²) in [5.41, 5.74) is 0.932. The van der Waals surface area contributed by atoms with E-state index in [1.165, 1.54) is 29.5 Å². The number of nitrogens with zero attached hydrogens (tertiary/aromatic N) is 2. The number of amides is 1. The molecular weight excluding hydrogens is 355 g/mol. The van der Waals surface area contributed by atoms with E-state index < -0.39 is 23.7 Å². The number of fused-ring (bicyclic) bond motifs is 1. The van der Waals surface area contributed by atoms with Crippen molar-refractivity contribution in [3.05, 3.63) is 64.7 Å². The van der Waals surface area contributed by atoms with E-state index in [1.807, 2.05) is 24.3 Å². The molecule has 0 saturated heterocycles. The van der Waals surface area contributed by atoms with Gasteiger partial charge in [-0.2, -0.15) is 4.99 Å². The van der Waals surface area contributed by atoms with Crippen LogP contribution in [0.25, 0.3) is 10.2 Å². The van der Waals surface area contributed by atoms with Gasteiger partial charge in [-0.1, -0.05) is 29.5 Å². The predicted molar refractivity (Wildman–Crippen MR) is 97.5 cm³/mol. The molecule has 0 N–H and O–H groups in total. The van der Waals surface area contributed by atoms with E-state index in [1.54, 1.807) is 18.4 Å². The zero-order valence-electron chi connectivity index (χ0n) is 14.3. The maximum atomic E-state index is 13.4. The van der Waals surface area contributed by atoms with Gasteiger partial charge in [0.25, 0.3) is 5.91 Å². The molecule has 1 aromatic heterocycles. The number of thiazole rings is 1. The topological polar surface area (TPSA) is 60.7 Å². The number of carbonyl (C=O) groups is 2. The highest BCUT2D eigenvalue weighted by Crippen LogP contribution is 2.21. The molecule has 0 fully saturated rings. The third-order valence-electron chi connectivity index (χ3n) is 3.82. The first-order valence-corrected chi connectivity index (χ1v) is 8.94. The van der Waals surface area contributed by atoms with Crippen LogP contribution in [-0.4, -0.2) is 23.1 Å². The molecule has 5 nitrogen and oxygen atoms in total. The Bertz CT molecular complexity index is 1040. The van der Waals surface area contributed by atoms with Gasteiger partial charge in [0.2, 0.25) is 0 Å². The van der Waals surface area contributed by atoms with Crippen molar-refractivity contribution in [3.63, 3.8) is 0 Å². The normalized spacial score (nSPS) is 13.0. The van der Waals surface area contributed by atoms with Crippen LogP contribution in [0, 0.1) is 5.82 Å². The molecule has 0 aliphatic rings. The summed E-state index contributed by atoms with van der Waals surface area (Å²) in [4.78, 5) is 29.2. The lowest BCUT2D eigenvalue weighted by molar-refractivity contribution is -0.146. The molecule has 0 saturated carbocycles. The lowest BCUT2D eigenvalue weighted by Crippen LogP contribution is -2.27. The molecule has 0 radical (unpaired) electrons. The molecule has 1 atom stereocenters. The summed E-state index contributed by atoms with van der Waals surface area (Å²) in [7, 11) is 0. The first-order chi connectivity index (χ1) is 12.5. The SMILES string of the molecule is CCOC(=O)C(C)n1c(=NC(=O)c2cccc(F)c2)sc2ccccc21. The second kappa shape index (κ2) is 7.61. The third-order valence-corrected chi connectivity index (χ3v) is 4.85. The van der Waals surface area contributed by atoms with Gasteiger partial charge in [-0.05, 0) is 44.2 Å². The Morgan fingerprint density at radius 1 is 1.23 bits per heavy atom. The molecule has 1 unspecified atom stereocenters. The minimum atomic E-state index is -0.648. The summed E-state index contributed by atoms with van der Waals surface area (Å²) in [6, 6.07) is 12.2. The Hall–Kier alpha value is -2.80. The lowest BCUT2D eigenvalue weighted by atomic mass is 10.2. The Balaban J connectivity index is 2.14. The van der Waals surface area contributed by atoms with Crippen LogP contribution in [0.2, 0.25) is 0 Å². The first kappa shape index (κ1) is 18.0. The Morgan fingerprint density at radius 3 is 2.73 bits per heavy atom. The summed E-state index contributed by atoms with van der Waals surface area (Å²) >= 11 is 1.29. The summed E-state index contributed by atoms with van der Waals surface area (Å²) in [5.74, 6) is -1.48. The number of hydrogen-bond donors (Lipinski definition) is 0. The Kier molecular flexibility index (Phi) is 5.27. The molecule has 7 heteroatoms. The molecule has 1 heterocycles. The van der Waals surface area contributed by atoms with E-state index in [0.717, 1.165) is 16.3 Å². The fraction of sp³-hybridized carbons (Fsp3) is 0.211. The molecule has 26 heavy (non-hydrogen) atoms. The number of ether oxygens (including phenoxy) is 1. The fourth-order valence-corrected chi connectivity index (χ4v) is 3.68. The van der Waals surface area contributed by atoms with Crippen LogP contribution in [0.1, 0.15) is 30.2 Å². The van der Waals surface area contributed by atoms with Gasteiger partial charge in [0, 0.05) is 5.56 Å². The highest BCUT2D eigenvalue weighted by Gasteiger charge is 2.21. The fourth-order valence-electron chi connectivity index (χ4n) is 2.59. The second-order valence-corrected chi connectivity index (χ2v) is 6.59. The van der Waals surface area contributed by atoms with Gasteiger partial charge in [0.15, 0.2) is 4.80 Å². The quantitative estimate of drug-likeness (QED) is 0.656. The standard InChI is InChI=1S/C19H17FN2O3S/c1-3-25-18(24)12(2)22-15-9-4-5-10-16(15)26-19(22)21-17(23)13-7-6-8-14(20)11-13/h4-12H,3H2,1-2H3. The number of hydrogen-bond acceptors (Lipinski definition) is 4. The summed E-state index contributed by atoms with van der Waals surface area (Å²) in [6.07, 6.45) is 0. The largest absolute Gasteiger partial charge is 0.464 e. The number of carbonyl (C=O) groups excluding carboxylic acids is 2. The summed E-state index contributed by atoms with van der Waals surface area (Å²) in [6.45, 7) is 3.70. The molecule has 1 amide bonds. The van der Waals surface area contributed by atoms with Crippen LogP contribution in [0.4, 0.5) is 4.39 Å². The smallest absolute Gasteiger partial charge is 0.328 e. The first-order valence-electron chi connectivity index (χ1n) is 8.12. The van der Waals surface area contributed by atoms with Crippen LogP contribution < -0.4 is 4.80 Å². The lowest BCUT2D eigenvalue weighted by Gasteiger charge is -2.13. The van der Waals surface area contributed by atoms with E-state index in [2.05, 4.69) is 4.99 Å². The molecule has 3 aromatic rings. The van der Waals surface area contributed by atoms with Crippen molar-refractivity contribution in [1.29, 1.82) is 0 Å². The Morgan fingerprint density at radius 2 is 2.00 bits per heavy atom. The molecule has 3 rings (SSSR count). The van der Waals surface area contributed by atoms with E-state index >= 15 is 0 Å². The zero-order valence-corrected chi connectivity index (χ0v) is 15.1. The van der Waals surface area contributed by atoms with E-state index in [9.17, 15) is 14.0 Å². The number of esters is 1. The van der Waals surface area contributed by atoms with E-state index in [-0.39, 0.29) is 12.2 Å². The molecular formula is C19H17FN2O3S. The third kappa shape index (κ3) is 3.57. The monoisotopic (exact) mass is 372 g/mol. The van der Waals surface area contributed by atoms with Gasteiger partial charge in [-0.15, -0.1) is 0 Å². The van der Waals surface area contributed by atoms with Crippen molar-refractivity contribution in [2.45, 2.75) is 19.9 Å². The average Bonchev–Trinajstić information content (AvgIpc) is 2.99. The minimum absolute atomic E-state index is 0.151. The van der Waals surface area contributed by atoms with Crippen LogP contribution in [0.3, 0.4) is 0 Å². The average molecular weight is 372 g/mol. The predicted octanol–water partition coefficient (Wildman–Crippen LogP) is 3.71. The van der Waals surface area contributed by atoms with Crippen molar-refractivity contribution in [2.75, 3.05) is 6.61 Å². The molecule has 2 aromatic carbocycles. The number of aromatic nitrogens is 1. The molecule has 0 aliphatic heterocycles. The highest BCUT2D eigenvalue weighted by atomic mass is 32.1. The Labute approximate surface area is 153 Å². The van der Waals surface area contributed by atoms with Crippen LogP contribution in [0.5, 0.6) is 0 Å². The maximum Gasteiger partial charge on any atom is 0.328 e.